The van der Waals surface area contributed by atoms with Gasteiger partial charge < -0.3 is 15.4 Å². The molecule has 0 saturated carbocycles. The van der Waals surface area contributed by atoms with Crippen molar-refractivity contribution in [2.45, 2.75) is 13.5 Å². The van der Waals surface area contributed by atoms with E-state index < -0.39 is 0 Å². The van der Waals surface area contributed by atoms with E-state index >= 15 is 0 Å². The number of carbonyl (C=O) groups excluding carboxylic acids is 1. The molecule has 0 fully saturated rings. The number of fused-ring (bicyclic) bond motifs is 1. The quantitative estimate of drug-likeness (QED) is 0.758. The van der Waals surface area contributed by atoms with Crippen LogP contribution in [-0.2, 0) is 11.3 Å². The SMILES string of the molecule is CCNCCNC(=O)c1sc2cccc(F)c2c1COC.Cl. The first-order chi connectivity index (χ1) is 10.2. The van der Waals surface area contributed by atoms with E-state index in [1.54, 1.807) is 6.07 Å². The van der Waals surface area contributed by atoms with Crippen LogP contribution in [0.5, 0.6) is 0 Å². The first kappa shape index (κ1) is 18.8. The predicted molar refractivity (Wildman–Crippen MR) is 90.6 cm³/mol. The molecule has 0 unspecified atom stereocenters. The number of ether oxygens (including phenoxy) is 1. The third-order valence-corrected chi connectivity index (χ3v) is 4.29. The Morgan fingerprint density at radius 2 is 2.14 bits per heavy atom. The van der Waals surface area contributed by atoms with Crippen molar-refractivity contribution in [1.82, 2.24) is 10.6 Å². The van der Waals surface area contributed by atoms with Crippen LogP contribution in [0.3, 0.4) is 0 Å². The van der Waals surface area contributed by atoms with Crippen molar-refractivity contribution in [3.8, 4) is 0 Å². The lowest BCUT2D eigenvalue weighted by Crippen LogP contribution is -2.31. The van der Waals surface area contributed by atoms with Crippen molar-refractivity contribution >= 4 is 39.7 Å². The van der Waals surface area contributed by atoms with Gasteiger partial charge in [-0.15, -0.1) is 23.7 Å². The highest BCUT2D eigenvalue weighted by atomic mass is 35.5. The summed E-state index contributed by atoms with van der Waals surface area (Å²) in [5.41, 5.74) is 0.622. The minimum atomic E-state index is -0.317. The maximum atomic E-state index is 14.0. The Bertz CT molecular complexity index is 633. The van der Waals surface area contributed by atoms with Crippen LogP contribution in [0.1, 0.15) is 22.2 Å². The number of carbonyl (C=O) groups is 1. The summed E-state index contributed by atoms with van der Waals surface area (Å²) in [6.07, 6.45) is 0. The summed E-state index contributed by atoms with van der Waals surface area (Å²) in [4.78, 5) is 12.8. The molecule has 0 radical (unpaired) electrons. The zero-order valence-electron chi connectivity index (χ0n) is 12.6. The van der Waals surface area contributed by atoms with Gasteiger partial charge in [0.1, 0.15) is 5.82 Å². The van der Waals surface area contributed by atoms with Gasteiger partial charge in [-0.05, 0) is 18.7 Å². The van der Waals surface area contributed by atoms with Gasteiger partial charge in [-0.1, -0.05) is 13.0 Å². The molecule has 0 aliphatic heterocycles. The second kappa shape index (κ2) is 9.05. The Kier molecular flexibility index (Phi) is 7.75. The first-order valence-electron chi connectivity index (χ1n) is 6.86. The Morgan fingerprint density at radius 1 is 1.36 bits per heavy atom. The summed E-state index contributed by atoms with van der Waals surface area (Å²) in [5, 5.41) is 6.47. The van der Waals surface area contributed by atoms with Crippen molar-refractivity contribution in [2.75, 3.05) is 26.7 Å². The first-order valence-corrected chi connectivity index (χ1v) is 7.68. The number of benzene rings is 1. The van der Waals surface area contributed by atoms with Gasteiger partial charge in [0.15, 0.2) is 0 Å². The molecular weight excluding hydrogens is 327 g/mol. The molecule has 2 rings (SSSR count). The monoisotopic (exact) mass is 346 g/mol. The van der Waals surface area contributed by atoms with Crippen molar-refractivity contribution in [3.05, 3.63) is 34.5 Å². The smallest absolute Gasteiger partial charge is 0.261 e. The highest BCUT2D eigenvalue weighted by molar-refractivity contribution is 7.21. The molecule has 22 heavy (non-hydrogen) atoms. The Balaban J connectivity index is 0.00000242. The van der Waals surface area contributed by atoms with E-state index in [1.165, 1.54) is 24.5 Å². The topological polar surface area (TPSA) is 50.4 Å². The Hall–Kier alpha value is -1.21. The van der Waals surface area contributed by atoms with Gasteiger partial charge in [0.2, 0.25) is 0 Å². The number of rotatable bonds is 7. The van der Waals surface area contributed by atoms with E-state index in [1.807, 2.05) is 13.0 Å². The standard InChI is InChI=1S/C15H19FN2O2S.ClH/c1-3-17-7-8-18-15(19)14-10(9-20-2)13-11(16)5-4-6-12(13)21-14;/h4-6,17H,3,7-9H2,1-2H3,(H,18,19);1H. The number of nitrogens with one attached hydrogen (secondary N) is 2. The van der Waals surface area contributed by atoms with Gasteiger partial charge in [-0.2, -0.15) is 0 Å². The largest absolute Gasteiger partial charge is 0.380 e. The highest BCUT2D eigenvalue weighted by Crippen LogP contribution is 2.33. The molecule has 1 aromatic heterocycles. The van der Waals surface area contributed by atoms with Crippen LogP contribution in [0.25, 0.3) is 10.1 Å². The molecule has 0 aliphatic carbocycles. The molecule has 122 valence electrons. The molecule has 0 saturated heterocycles. The van der Waals surface area contributed by atoms with E-state index in [-0.39, 0.29) is 30.7 Å². The molecule has 1 aromatic carbocycles. The second-order valence-corrected chi connectivity index (χ2v) is 5.62. The van der Waals surface area contributed by atoms with E-state index in [2.05, 4.69) is 10.6 Å². The number of hydrogen-bond acceptors (Lipinski definition) is 4. The van der Waals surface area contributed by atoms with Crippen molar-refractivity contribution in [1.29, 1.82) is 0 Å². The predicted octanol–water partition coefficient (Wildman–Crippen LogP) is 2.95. The number of thiophene rings is 1. The number of hydrogen-bond donors (Lipinski definition) is 2. The van der Waals surface area contributed by atoms with Crippen LogP contribution in [0.2, 0.25) is 0 Å². The van der Waals surface area contributed by atoms with Gasteiger partial charge in [-0.3, -0.25) is 4.79 Å². The van der Waals surface area contributed by atoms with Crippen LogP contribution in [0, 0.1) is 5.82 Å². The summed E-state index contributed by atoms with van der Waals surface area (Å²) in [7, 11) is 1.54. The molecule has 4 nitrogen and oxygen atoms in total. The lowest BCUT2D eigenvalue weighted by atomic mass is 10.1. The van der Waals surface area contributed by atoms with E-state index in [0.29, 0.717) is 28.9 Å². The van der Waals surface area contributed by atoms with Gasteiger partial charge >= 0.3 is 0 Å². The molecule has 2 aromatic rings. The fourth-order valence-electron chi connectivity index (χ4n) is 2.15. The zero-order valence-corrected chi connectivity index (χ0v) is 14.2. The van der Waals surface area contributed by atoms with E-state index in [4.69, 9.17) is 4.74 Å². The van der Waals surface area contributed by atoms with Gasteiger partial charge in [0, 0.05) is 35.8 Å². The lowest BCUT2D eigenvalue weighted by molar-refractivity contribution is 0.0954. The molecule has 0 aliphatic rings. The van der Waals surface area contributed by atoms with Gasteiger partial charge in [0.25, 0.3) is 5.91 Å². The summed E-state index contributed by atoms with van der Waals surface area (Å²) in [6.45, 7) is 4.33. The van der Waals surface area contributed by atoms with Crippen LogP contribution >= 0.6 is 23.7 Å². The number of methoxy groups -OCH3 is 1. The molecule has 1 heterocycles. The number of amides is 1. The van der Waals surface area contributed by atoms with Crippen LogP contribution in [0.4, 0.5) is 4.39 Å². The third-order valence-electron chi connectivity index (χ3n) is 3.10. The van der Waals surface area contributed by atoms with Crippen molar-refractivity contribution in [2.24, 2.45) is 0 Å². The van der Waals surface area contributed by atoms with Crippen LogP contribution in [-0.4, -0.2) is 32.7 Å². The van der Waals surface area contributed by atoms with Crippen molar-refractivity contribution < 1.29 is 13.9 Å². The molecule has 7 heteroatoms. The van der Waals surface area contributed by atoms with Crippen molar-refractivity contribution in [3.63, 3.8) is 0 Å². The molecule has 0 spiro atoms. The summed E-state index contributed by atoms with van der Waals surface area (Å²) in [5.74, 6) is -0.497. The van der Waals surface area contributed by atoms with Gasteiger partial charge in [0.05, 0.1) is 11.5 Å². The average molecular weight is 347 g/mol. The fraction of sp³-hybridized carbons (Fsp3) is 0.400. The van der Waals surface area contributed by atoms with Crippen LogP contribution < -0.4 is 10.6 Å². The van der Waals surface area contributed by atoms with Gasteiger partial charge in [-0.25, -0.2) is 4.39 Å². The molecule has 0 atom stereocenters. The second-order valence-electron chi connectivity index (χ2n) is 4.57. The third kappa shape index (κ3) is 4.16. The molecule has 0 bridgehead atoms. The molecule has 2 N–H and O–H groups in total. The summed E-state index contributed by atoms with van der Waals surface area (Å²) >= 11 is 1.30. The van der Waals surface area contributed by atoms with Crippen LogP contribution in [0.15, 0.2) is 18.2 Å². The maximum Gasteiger partial charge on any atom is 0.261 e. The highest BCUT2D eigenvalue weighted by Gasteiger charge is 2.20. The Labute approximate surface area is 139 Å². The zero-order chi connectivity index (χ0) is 15.2. The summed E-state index contributed by atoms with van der Waals surface area (Å²) in [6, 6.07) is 4.87. The average Bonchev–Trinajstić information content (AvgIpc) is 2.84. The normalized spacial score (nSPS) is 10.5. The minimum absolute atomic E-state index is 0. The van der Waals surface area contributed by atoms with E-state index in [9.17, 15) is 9.18 Å². The molecule has 1 amide bonds. The lowest BCUT2D eigenvalue weighted by Gasteiger charge is -2.06. The maximum absolute atomic E-state index is 14.0. The minimum Gasteiger partial charge on any atom is -0.380 e. The number of halogens is 2. The Morgan fingerprint density at radius 3 is 2.82 bits per heavy atom. The number of likely N-dealkylation sites (N-methyl/N-ethyl adjacent to an activating group) is 1. The molecular formula is C15H20ClFN2O2S. The fourth-order valence-corrected chi connectivity index (χ4v) is 3.29. The van der Waals surface area contributed by atoms with E-state index in [0.717, 1.165) is 11.2 Å². The summed E-state index contributed by atoms with van der Waals surface area (Å²) < 4.78 is 19.9.